The summed E-state index contributed by atoms with van der Waals surface area (Å²) in [5.41, 5.74) is 0.618. The minimum absolute atomic E-state index is 0.0815. The molecule has 6 heteroatoms. The number of rotatable bonds is 2. The highest BCUT2D eigenvalue weighted by Gasteiger charge is 2.11. The zero-order valence-corrected chi connectivity index (χ0v) is 6.89. The molecule has 0 saturated heterocycles. The quantitative estimate of drug-likeness (QED) is 0.705. The predicted octanol–water partition coefficient (Wildman–Crippen LogP) is 1.66. The van der Waals surface area contributed by atoms with Gasteiger partial charge in [0.25, 0.3) is 0 Å². The second-order valence-electron chi connectivity index (χ2n) is 2.69. The third-order valence-electron chi connectivity index (χ3n) is 1.85. The number of hydrogen-bond acceptors (Lipinski definition) is 4. The van der Waals surface area contributed by atoms with Crippen LogP contribution >= 0.6 is 0 Å². The lowest BCUT2D eigenvalue weighted by Gasteiger charge is -1.91. The molecule has 0 atom stereocenters. The Balaban J connectivity index is 2.75. The maximum absolute atomic E-state index is 10.7. The smallest absolute Gasteiger partial charge is 0.337 e. The molecule has 2 heterocycles. The van der Waals surface area contributed by atoms with E-state index in [2.05, 4.69) is 15.1 Å². The fourth-order valence-electron chi connectivity index (χ4n) is 1.22. The third-order valence-corrected chi connectivity index (χ3v) is 1.85. The molecule has 2 aromatic heterocycles. The van der Waals surface area contributed by atoms with Gasteiger partial charge in [0.2, 0.25) is 0 Å². The summed E-state index contributed by atoms with van der Waals surface area (Å²) in [6.45, 7) is 0. The average molecular weight is 191 g/mol. The maximum atomic E-state index is 10.7. The molecule has 0 unspecified atom stereocenters. The summed E-state index contributed by atoms with van der Waals surface area (Å²) in [6.07, 6.45) is 2.60. The lowest BCUT2D eigenvalue weighted by atomic mass is 10.2. The van der Waals surface area contributed by atoms with Gasteiger partial charge in [0.1, 0.15) is 11.3 Å². The molecule has 0 aliphatic carbocycles. The van der Waals surface area contributed by atoms with Crippen LogP contribution in [-0.4, -0.2) is 21.0 Å². The molecular formula is C8H5N3O3. The summed E-state index contributed by atoms with van der Waals surface area (Å²) in [5.74, 6) is -1.07. The van der Waals surface area contributed by atoms with Crippen LogP contribution in [0.4, 0.5) is 5.69 Å². The maximum Gasteiger partial charge on any atom is 0.337 e. The van der Waals surface area contributed by atoms with Crippen molar-refractivity contribution in [1.82, 2.24) is 9.97 Å². The average Bonchev–Trinajstić information content (AvgIpc) is 2.59. The number of carbonyl (C=O) groups is 1. The van der Waals surface area contributed by atoms with E-state index in [0.29, 0.717) is 11.0 Å². The second-order valence-corrected chi connectivity index (χ2v) is 2.69. The number of carboxylic acid groups (broad SMARTS) is 1. The number of nitrogens with one attached hydrogen (secondary N) is 1. The van der Waals surface area contributed by atoms with E-state index >= 15 is 0 Å². The Labute approximate surface area is 77.6 Å². The van der Waals surface area contributed by atoms with E-state index in [4.69, 9.17) is 5.11 Å². The molecule has 0 aliphatic rings. The molecule has 0 aliphatic heterocycles. The fraction of sp³-hybridized carbons (Fsp3) is 0. The summed E-state index contributed by atoms with van der Waals surface area (Å²) in [7, 11) is 0. The summed E-state index contributed by atoms with van der Waals surface area (Å²) in [5, 5.41) is 11.8. The van der Waals surface area contributed by atoms with E-state index in [1.165, 1.54) is 18.5 Å². The van der Waals surface area contributed by atoms with Crippen molar-refractivity contribution in [3.05, 3.63) is 28.9 Å². The number of aromatic amines is 1. The Hall–Kier alpha value is -2.24. The molecule has 0 aromatic carbocycles. The molecule has 70 valence electrons. The highest BCUT2D eigenvalue weighted by molar-refractivity contribution is 6.02. The van der Waals surface area contributed by atoms with Gasteiger partial charge in [0.05, 0.1) is 11.8 Å². The van der Waals surface area contributed by atoms with Gasteiger partial charge in [-0.2, -0.15) is 0 Å². The summed E-state index contributed by atoms with van der Waals surface area (Å²) in [4.78, 5) is 27.5. The van der Waals surface area contributed by atoms with Crippen LogP contribution in [0.15, 0.2) is 23.6 Å². The van der Waals surface area contributed by atoms with Gasteiger partial charge in [-0.05, 0) is 11.2 Å². The first kappa shape index (κ1) is 8.36. The molecule has 0 saturated carbocycles. The van der Waals surface area contributed by atoms with Crippen LogP contribution in [0.5, 0.6) is 0 Å². The van der Waals surface area contributed by atoms with Crippen molar-refractivity contribution in [2.24, 2.45) is 5.18 Å². The number of fused-ring (bicyclic) bond motifs is 1. The molecule has 0 radical (unpaired) electrons. The van der Waals surface area contributed by atoms with E-state index in [-0.39, 0.29) is 11.3 Å². The fourth-order valence-corrected chi connectivity index (χ4v) is 1.22. The van der Waals surface area contributed by atoms with Gasteiger partial charge in [-0.3, -0.25) is 0 Å². The number of nitroso groups, excluding NO2 is 1. The Morgan fingerprint density at radius 3 is 3.00 bits per heavy atom. The molecule has 14 heavy (non-hydrogen) atoms. The normalized spacial score (nSPS) is 10.3. The van der Waals surface area contributed by atoms with E-state index in [1.807, 2.05) is 0 Å². The molecule has 0 fully saturated rings. The van der Waals surface area contributed by atoms with Crippen LogP contribution in [0.1, 0.15) is 10.4 Å². The number of hydrogen-bond donors (Lipinski definition) is 2. The van der Waals surface area contributed by atoms with Crippen molar-refractivity contribution in [3.63, 3.8) is 0 Å². The monoisotopic (exact) mass is 191 g/mol. The van der Waals surface area contributed by atoms with Crippen LogP contribution in [0.25, 0.3) is 11.0 Å². The van der Waals surface area contributed by atoms with Crippen molar-refractivity contribution in [1.29, 1.82) is 0 Å². The molecule has 2 N–H and O–H groups in total. The lowest BCUT2D eigenvalue weighted by molar-refractivity contribution is 0.0699. The molecule has 2 rings (SSSR count). The van der Waals surface area contributed by atoms with Gasteiger partial charge in [0.15, 0.2) is 0 Å². The molecule has 0 amide bonds. The van der Waals surface area contributed by atoms with Crippen LogP contribution in [-0.2, 0) is 0 Å². The SMILES string of the molecule is O=Nc1cnc2[nH]cc(C(=O)O)c2c1. The summed E-state index contributed by atoms with van der Waals surface area (Å²) in [6, 6.07) is 1.38. The Morgan fingerprint density at radius 2 is 2.36 bits per heavy atom. The van der Waals surface area contributed by atoms with Gasteiger partial charge < -0.3 is 10.1 Å². The molecule has 0 bridgehead atoms. The highest BCUT2D eigenvalue weighted by Crippen LogP contribution is 2.21. The number of H-pyrrole nitrogens is 1. The first-order valence-electron chi connectivity index (χ1n) is 3.76. The minimum Gasteiger partial charge on any atom is -0.478 e. The summed E-state index contributed by atoms with van der Waals surface area (Å²) >= 11 is 0. The Kier molecular flexibility index (Phi) is 1.74. The van der Waals surface area contributed by atoms with Gasteiger partial charge in [-0.15, -0.1) is 4.91 Å². The first-order valence-corrected chi connectivity index (χ1v) is 3.76. The predicted molar refractivity (Wildman–Crippen MR) is 48.5 cm³/mol. The van der Waals surface area contributed by atoms with Crippen molar-refractivity contribution in [2.75, 3.05) is 0 Å². The zero-order chi connectivity index (χ0) is 10.1. The number of nitrogens with zero attached hydrogens (tertiary/aromatic N) is 2. The number of aromatic carboxylic acids is 1. The standard InChI is InChI=1S/C8H5N3O3/c12-8(13)6-3-10-7-5(6)1-4(11-14)2-9-7/h1-3H,(H,9,10)(H,12,13). The third kappa shape index (κ3) is 1.13. The van der Waals surface area contributed by atoms with Crippen molar-refractivity contribution < 1.29 is 9.90 Å². The van der Waals surface area contributed by atoms with Gasteiger partial charge in [-0.25, -0.2) is 9.78 Å². The van der Waals surface area contributed by atoms with Crippen molar-refractivity contribution >= 4 is 22.7 Å². The van der Waals surface area contributed by atoms with E-state index in [0.717, 1.165) is 0 Å². The van der Waals surface area contributed by atoms with Crippen LogP contribution in [0.2, 0.25) is 0 Å². The molecule has 6 nitrogen and oxygen atoms in total. The van der Waals surface area contributed by atoms with E-state index in [9.17, 15) is 9.70 Å². The van der Waals surface area contributed by atoms with Gasteiger partial charge in [-0.1, -0.05) is 0 Å². The van der Waals surface area contributed by atoms with Crippen molar-refractivity contribution in [2.45, 2.75) is 0 Å². The number of carboxylic acids is 1. The lowest BCUT2D eigenvalue weighted by Crippen LogP contribution is -1.93. The van der Waals surface area contributed by atoms with Crippen LogP contribution in [0, 0.1) is 4.91 Å². The Bertz CT molecular complexity index is 518. The second kappa shape index (κ2) is 2.91. The zero-order valence-electron chi connectivity index (χ0n) is 6.89. The molecule has 2 aromatic rings. The minimum atomic E-state index is -1.07. The highest BCUT2D eigenvalue weighted by atomic mass is 16.4. The van der Waals surface area contributed by atoms with E-state index < -0.39 is 5.97 Å². The Morgan fingerprint density at radius 1 is 1.57 bits per heavy atom. The first-order chi connectivity index (χ1) is 6.72. The van der Waals surface area contributed by atoms with Crippen LogP contribution in [0.3, 0.4) is 0 Å². The number of aromatic nitrogens is 2. The van der Waals surface area contributed by atoms with Gasteiger partial charge >= 0.3 is 5.97 Å². The summed E-state index contributed by atoms with van der Waals surface area (Å²) < 4.78 is 0. The largest absolute Gasteiger partial charge is 0.478 e. The van der Waals surface area contributed by atoms with Crippen LogP contribution < -0.4 is 0 Å². The van der Waals surface area contributed by atoms with Crippen molar-refractivity contribution in [3.8, 4) is 0 Å². The topological polar surface area (TPSA) is 95.4 Å². The molecular weight excluding hydrogens is 186 g/mol. The van der Waals surface area contributed by atoms with E-state index in [1.54, 1.807) is 0 Å². The number of pyridine rings is 1. The molecule has 0 spiro atoms. The van der Waals surface area contributed by atoms with Gasteiger partial charge in [0, 0.05) is 11.6 Å².